The van der Waals surface area contributed by atoms with E-state index in [0.29, 0.717) is 29.3 Å². The van der Waals surface area contributed by atoms with Crippen LogP contribution in [0.5, 0.6) is 0 Å². The van der Waals surface area contributed by atoms with Crippen LogP contribution >= 0.6 is 0 Å². The van der Waals surface area contributed by atoms with Crippen LogP contribution in [0.2, 0.25) is 0 Å². The molecule has 0 spiro atoms. The van der Waals surface area contributed by atoms with Gasteiger partial charge in [-0.15, -0.1) is 0 Å². The van der Waals surface area contributed by atoms with Crippen molar-refractivity contribution < 1.29 is 14.0 Å². The molecule has 190 valence electrons. The molecule has 3 aromatic carbocycles. The second kappa shape index (κ2) is 12.1. The van der Waals surface area contributed by atoms with Gasteiger partial charge in [-0.25, -0.2) is 9.07 Å². The van der Waals surface area contributed by atoms with Gasteiger partial charge in [0.1, 0.15) is 18.2 Å². The molecule has 0 aliphatic rings. The third-order valence-corrected chi connectivity index (χ3v) is 6.13. The molecule has 37 heavy (non-hydrogen) atoms. The third-order valence-electron chi connectivity index (χ3n) is 6.13. The van der Waals surface area contributed by atoms with Crippen molar-refractivity contribution in [3.8, 4) is 16.9 Å². The third kappa shape index (κ3) is 6.50. The Morgan fingerprint density at radius 1 is 0.946 bits per heavy atom. The van der Waals surface area contributed by atoms with E-state index >= 15 is 0 Å². The number of hydrogen-bond acceptors (Lipinski definition) is 3. The van der Waals surface area contributed by atoms with E-state index in [-0.39, 0.29) is 24.2 Å². The van der Waals surface area contributed by atoms with Gasteiger partial charge in [0.15, 0.2) is 0 Å². The molecular weight excluding hydrogens is 467 g/mol. The Morgan fingerprint density at radius 2 is 1.65 bits per heavy atom. The van der Waals surface area contributed by atoms with E-state index in [0.717, 1.165) is 30.4 Å². The molecule has 0 bridgehead atoms. The predicted molar refractivity (Wildman–Crippen MR) is 144 cm³/mol. The van der Waals surface area contributed by atoms with E-state index in [4.69, 9.17) is 0 Å². The number of halogens is 1. The summed E-state index contributed by atoms with van der Waals surface area (Å²) in [5.74, 6) is -0.437. The molecule has 0 saturated heterocycles. The topological polar surface area (TPSA) is 67.2 Å². The van der Waals surface area contributed by atoms with Crippen molar-refractivity contribution in [2.24, 2.45) is 0 Å². The zero-order valence-electron chi connectivity index (χ0n) is 21.2. The fourth-order valence-electron chi connectivity index (χ4n) is 4.02. The molecule has 2 amide bonds. The van der Waals surface area contributed by atoms with Crippen LogP contribution in [0, 0.1) is 5.82 Å². The summed E-state index contributed by atoms with van der Waals surface area (Å²) in [6.07, 6.45) is 2.58. The van der Waals surface area contributed by atoms with Crippen LogP contribution in [0.25, 0.3) is 16.9 Å². The smallest absolute Gasteiger partial charge is 0.254 e. The van der Waals surface area contributed by atoms with Crippen LogP contribution < -0.4 is 5.32 Å². The molecule has 0 unspecified atom stereocenters. The predicted octanol–water partition coefficient (Wildman–Crippen LogP) is 6.12. The Labute approximate surface area is 216 Å². The van der Waals surface area contributed by atoms with Crippen molar-refractivity contribution in [1.82, 2.24) is 14.7 Å². The highest BCUT2D eigenvalue weighted by atomic mass is 19.1. The first-order valence-corrected chi connectivity index (χ1v) is 12.6. The molecule has 1 heterocycles. The monoisotopic (exact) mass is 498 g/mol. The minimum absolute atomic E-state index is 0.0936. The van der Waals surface area contributed by atoms with Crippen LogP contribution in [-0.4, -0.2) is 39.6 Å². The van der Waals surface area contributed by atoms with Gasteiger partial charge in [0.25, 0.3) is 5.91 Å². The van der Waals surface area contributed by atoms with E-state index in [9.17, 15) is 14.0 Å². The quantitative estimate of drug-likeness (QED) is 0.286. The van der Waals surface area contributed by atoms with Gasteiger partial charge in [-0.1, -0.05) is 62.7 Å². The van der Waals surface area contributed by atoms with Gasteiger partial charge in [0.05, 0.1) is 11.4 Å². The average Bonchev–Trinajstić information content (AvgIpc) is 3.35. The number of anilines is 1. The molecule has 0 fully saturated rings. The number of nitrogens with one attached hydrogen (secondary N) is 1. The van der Waals surface area contributed by atoms with Crippen molar-refractivity contribution in [1.29, 1.82) is 0 Å². The van der Waals surface area contributed by atoms with E-state index < -0.39 is 0 Å². The number of rotatable bonds is 10. The second-order valence-corrected chi connectivity index (χ2v) is 8.85. The Bertz CT molecular complexity index is 1330. The van der Waals surface area contributed by atoms with Crippen molar-refractivity contribution in [2.75, 3.05) is 18.4 Å². The van der Waals surface area contributed by atoms with E-state index in [2.05, 4.69) is 17.3 Å². The molecule has 4 aromatic rings. The molecule has 7 heteroatoms. The number of unbranched alkanes of at least 4 members (excludes halogenated alkanes) is 1. The molecule has 1 N–H and O–H groups in total. The van der Waals surface area contributed by atoms with Crippen molar-refractivity contribution in [2.45, 2.75) is 33.1 Å². The first-order valence-electron chi connectivity index (χ1n) is 12.6. The van der Waals surface area contributed by atoms with E-state index in [1.54, 1.807) is 27.8 Å². The first-order chi connectivity index (χ1) is 18.0. The maximum absolute atomic E-state index is 13.5. The summed E-state index contributed by atoms with van der Waals surface area (Å²) >= 11 is 0. The maximum atomic E-state index is 13.5. The highest BCUT2D eigenvalue weighted by Crippen LogP contribution is 2.25. The summed E-state index contributed by atoms with van der Waals surface area (Å²) < 4.78 is 15.1. The van der Waals surface area contributed by atoms with Crippen LogP contribution in [0.4, 0.5) is 10.2 Å². The number of carbonyl (C=O) groups is 2. The fourth-order valence-corrected chi connectivity index (χ4v) is 4.02. The molecule has 0 aliphatic carbocycles. The largest absolute Gasteiger partial charge is 0.329 e. The fraction of sp³-hybridized carbons (Fsp3) is 0.233. The van der Waals surface area contributed by atoms with Crippen LogP contribution in [0.3, 0.4) is 0 Å². The van der Waals surface area contributed by atoms with Gasteiger partial charge in [-0.2, -0.15) is 5.10 Å². The van der Waals surface area contributed by atoms with Gasteiger partial charge in [0.2, 0.25) is 5.91 Å². The average molecular weight is 499 g/mol. The molecule has 0 aliphatic heterocycles. The van der Waals surface area contributed by atoms with Crippen molar-refractivity contribution in [3.63, 3.8) is 0 Å². The molecular formula is C30H31FN4O2. The number of benzene rings is 3. The minimum atomic E-state index is -0.359. The zero-order chi connectivity index (χ0) is 26.2. The van der Waals surface area contributed by atoms with Gasteiger partial charge in [0, 0.05) is 23.7 Å². The summed E-state index contributed by atoms with van der Waals surface area (Å²) in [6.45, 7) is 4.49. The lowest BCUT2D eigenvalue weighted by Crippen LogP contribution is -2.39. The van der Waals surface area contributed by atoms with Gasteiger partial charge < -0.3 is 10.2 Å². The number of amides is 2. The number of aryl methyl sites for hydroxylation is 1. The zero-order valence-corrected chi connectivity index (χ0v) is 21.2. The normalized spacial score (nSPS) is 10.8. The van der Waals surface area contributed by atoms with Crippen molar-refractivity contribution in [3.05, 3.63) is 102 Å². The minimum Gasteiger partial charge on any atom is -0.329 e. The Morgan fingerprint density at radius 3 is 2.30 bits per heavy atom. The number of aromatic nitrogens is 2. The lowest BCUT2D eigenvalue weighted by molar-refractivity contribution is -0.117. The molecule has 0 radical (unpaired) electrons. The number of nitrogens with zero attached hydrogens (tertiary/aromatic N) is 3. The summed E-state index contributed by atoms with van der Waals surface area (Å²) in [5.41, 5.74) is 3.86. The van der Waals surface area contributed by atoms with Gasteiger partial charge in [-0.3, -0.25) is 9.59 Å². The van der Waals surface area contributed by atoms with Gasteiger partial charge in [-0.05, 0) is 54.8 Å². The van der Waals surface area contributed by atoms with Crippen molar-refractivity contribution >= 4 is 17.6 Å². The first kappa shape index (κ1) is 25.8. The highest BCUT2D eigenvalue weighted by molar-refractivity contribution is 5.99. The van der Waals surface area contributed by atoms with Crippen LogP contribution in [-0.2, 0) is 11.2 Å². The van der Waals surface area contributed by atoms with Crippen LogP contribution in [0.1, 0.15) is 42.6 Å². The summed E-state index contributed by atoms with van der Waals surface area (Å²) in [6, 6.07) is 24.8. The summed E-state index contributed by atoms with van der Waals surface area (Å²) in [7, 11) is 0. The number of hydrogen-bond donors (Lipinski definition) is 1. The Hall–Kier alpha value is -4.26. The number of carbonyl (C=O) groups excluding carboxylic acids is 2. The summed E-state index contributed by atoms with van der Waals surface area (Å²) in [5, 5.41) is 7.58. The molecule has 6 nitrogen and oxygen atoms in total. The highest BCUT2D eigenvalue weighted by Gasteiger charge is 2.20. The molecule has 0 atom stereocenters. The van der Waals surface area contributed by atoms with Crippen LogP contribution in [0.15, 0.2) is 84.9 Å². The standard InChI is InChI=1S/C30H31FN4O2/c1-3-5-19-34(30(37)24-13-11-22(4-2)12-14-24)21-29(36)32-28-20-27(23-9-7-6-8-10-23)33-35(28)26-17-15-25(31)16-18-26/h6-18,20H,3-5,19,21H2,1-2H3,(H,32,36). The maximum Gasteiger partial charge on any atom is 0.254 e. The lowest BCUT2D eigenvalue weighted by Gasteiger charge is -2.22. The van der Waals surface area contributed by atoms with E-state index in [1.165, 1.54) is 12.1 Å². The lowest BCUT2D eigenvalue weighted by atomic mass is 10.1. The second-order valence-electron chi connectivity index (χ2n) is 8.85. The van der Waals surface area contributed by atoms with Gasteiger partial charge >= 0.3 is 0 Å². The molecule has 0 saturated carbocycles. The SMILES string of the molecule is CCCCN(CC(=O)Nc1cc(-c2ccccc2)nn1-c1ccc(F)cc1)C(=O)c1ccc(CC)cc1. The Balaban J connectivity index is 1.58. The van der Waals surface area contributed by atoms with E-state index in [1.807, 2.05) is 61.5 Å². The Kier molecular flexibility index (Phi) is 8.46. The molecule has 4 rings (SSSR count). The molecule has 1 aromatic heterocycles. The summed E-state index contributed by atoms with van der Waals surface area (Å²) in [4.78, 5) is 28.0.